The molecule has 0 fully saturated rings. The van der Waals surface area contributed by atoms with Crippen LogP contribution >= 0.6 is 0 Å². The first-order chi connectivity index (χ1) is 13.4. The summed E-state index contributed by atoms with van der Waals surface area (Å²) in [4.78, 5) is 6.75. The van der Waals surface area contributed by atoms with Gasteiger partial charge in [0.2, 0.25) is 0 Å². The second-order valence-electron chi connectivity index (χ2n) is 7.40. The van der Waals surface area contributed by atoms with Gasteiger partial charge in [-0.2, -0.15) is 0 Å². The summed E-state index contributed by atoms with van der Waals surface area (Å²) in [5.74, 6) is 1.18. The van der Waals surface area contributed by atoms with Crippen LogP contribution in [0, 0.1) is 0 Å². The minimum Gasteiger partial charge on any atom is -0.466 e. The van der Waals surface area contributed by atoms with Gasteiger partial charge in [0, 0.05) is 13.1 Å². The first kappa shape index (κ1) is 22.0. The van der Waals surface area contributed by atoms with Crippen LogP contribution in [-0.2, 0) is 12.0 Å². The van der Waals surface area contributed by atoms with E-state index in [4.69, 9.17) is 4.42 Å². The lowest BCUT2D eigenvalue weighted by Gasteiger charge is -2.26. The van der Waals surface area contributed by atoms with Gasteiger partial charge in [-0.3, -0.25) is 0 Å². The van der Waals surface area contributed by atoms with Crippen molar-refractivity contribution in [1.82, 2.24) is 15.5 Å². The van der Waals surface area contributed by atoms with Crippen LogP contribution in [0.25, 0.3) is 0 Å². The molecule has 0 amide bonds. The Bertz CT molecular complexity index is 722. The minimum absolute atomic E-state index is 0.202. The van der Waals surface area contributed by atoms with Crippen LogP contribution in [-0.4, -0.2) is 49.7 Å². The van der Waals surface area contributed by atoms with Crippen molar-refractivity contribution in [2.24, 2.45) is 4.99 Å². The highest BCUT2D eigenvalue weighted by Crippen LogP contribution is 2.21. The molecule has 2 atom stereocenters. The Balaban J connectivity index is 2.06. The second-order valence-corrected chi connectivity index (χ2v) is 7.40. The fourth-order valence-electron chi connectivity index (χ4n) is 3.01. The fraction of sp³-hybridized carbons (Fsp3) is 0.500. The summed E-state index contributed by atoms with van der Waals surface area (Å²) in [6, 6.07) is 12.5. The van der Waals surface area contributed by atoms with Gasteiger partial charge in [0.15, 0.2) is 5.96 Å². The Hall–Kier alpha value is -2.31. The molecule has 0 spiro atoms. The average molecular weight is 387 g/mol. The number of nitrogens with zero attached hydrogens (tertiary/aromatic N) is 2. The standard InChI is InChI=1S/C22H34N4O2/c1-6-17-10-12-18(13-11-17)19(26(4)5)15-24-21(23-7-2)25-16-22(3,27)20-9-8-14-28-20/h8-14,19,27H,6-7,15-16H2,1-5H3,(H2,23,24,25). The summed E-state index contributed by atoms with van der Waals surface area (Å²) in [5.41, 5.74) is 1.44. The number of aliphatic imine (C=N–C) groups is 1. The van der Waals surface area contributed by atoms with Gasteiger partial charge in [-0.05, 0) is 57.6 Å². The van der Waals surface area contributed by atoms with E-state index in [-0.39, 0.29) is 12.6 Å². The zero-order valence-corrected chi connectivity index (χ0v) is 17.7. The molecule has 1 aromatic carbocycles. The Morgan fingerprint density at radius 2 is 1.89 bits per heavy atom. The molecule has 2 unspecified atom stereocenters. The van der Waals surface area contributed by atoms with Gasteiger partial charge in [0.05, 0.1) is 18.8 Å². The van der Waals surface area contributed by atoms with Gasteiger partial charge in [-0.1, -0.05) is 31.2 Å². The Morgan fingerprint density at radius 1 is 1.18 bits per heavy atom. The molecule has 0 bridgehead atoms. The average Bonchev–Trinajstić information content (AvgIpc) is 3.22. The van der Waals surface area contributed by atoms with Crippen LogP contribution in [0.15, 0.2) is 52.1 Å². The summed E-state index contributed by atoms with van der Waals surface area (Å²) in [6.07, 6.45) is 2.60. The molecule has 6 heteroatoms. The van der Waals surface area contributed by atoms with Crippen molar-refractivity contribution in [3.63, 3.8) is 0 Å². The van der Waals surface area contributed by atoms with Gasteiger partial charge in [0.1, 0.15) is 11.4 Å². The van der Waals surface area contributed by atoms with Gasteiger partial charge in [-0.25, -0.2) is 4.99 Å². The van der Waals surface area contributed by atoms with E-state index < -0.39 is 5.60 Å². The number of hydrogen-bond acceptors (Lipinski definition) is 4. The normalized spacial score (nSPS) is 15.3. The molecule has 0 aliphatic carbocycles. The molecular weight excluding hydrogens is 352 g/mol. The van der Waals surface area contributed by atoms with Gasteiger partial charge < -0.3 is 25.1 Å². The zero-order valence-electron chi connectivity index (χ0n) is 17.7. The topological polar surface area (TPSA) is 73.0 Å². The number of aliphatic hydroxyl groups is 1. The molecule has 154 valence electrons. The predicted molar refractivity (Wildman–Crippen MR) is 115 cm³/mol. The molecule has 0 saturated carbocycles. The third-order valence-corrected chi connectivity index (χ3v) is 4.80. The van der Waals surface area contributed by atoms with Crippen molar-refractivity contribution in [3.05, 3.63) is 59.5 Å². The monoisotopic (exact) mass is 386 g/mol. The van der Waals surface area contributed by atoms with E-state index in [2.05, 4.69) is 65.8 Å². The first-order valence-electron chi connectivity index (χ1n) is 9.91. The maximum atomic E-state index is 10.6. The van der Waals surface area contributed by atoms with Gasteiger partial charge in [0.25, 0.3) is 0 Å². The third kappa shape index (κ3) is 6.11. The van der Waals surface area contributed by atoms with E-state index in [1.807, 2.05) is 6.92 Å². The number of hydrogen-bond donors (Lipinski definition) is 3. The Kier molecular flexibility index (Phi) is 8.08. The van der Waals surface area contributed by atoms with Crippen molar-refractivity contribution in [1.29, 1.82) is 0 Å². The molecule has 0 aliphatic heterocycles. The summed E-state index contributed by atoms with van der Waals surface area (Å²) >= 11 is 0. The summed E-state index contributed by atoms with van der Waals surface area (Å²) in [7, 11) is 4.15. The van der Waals surface area contributed by atoms with Crippen LogP contribution < -0.4 is 10.6 Å². The highest BCUT2D eigenvalue weighted by atomic mass is 16.4. The summed E-state index contributed by atoms with van der Waals surface area (Å²) in [5, 5.41) is 17.3. The molecule has 0 radical (unpaired) electrons. The molecule has 2 aromatic rings. The van der Waals surface area contributed by atoms with E-state index in [1.165, 1.54) is 11.1 Å². The number of likely N-dealkylation sites (N-methyl/N-ethyl adjacent to an activating group) is 1. The number of rotatable bonds is 9. The van der Waals surface area contributed by atoms with Crippen LogP contribution in [0.2, 0.25) is 0 Å². The first-order valence-corrected chi connectivity index (χ1v) is 9.91. The molecule has 3 N–H and O–H groups in total. The SMILES string of the molecule is CCNC(=NCC(C)(O)c1ccco1)NCC(c1ccc(CC)cc1)N(C)C. The maximum Gasteiger partial charge on any atom is 0.191 e. The number of furan rings is 1. The van der Waals surface area contributed by atoms with E-state index in [1.54, 1.807) is 25.3 Å². The quantitative estimate of drug-likeness (QED) is 0.456. The third-order valence-electron chi connectivity index (χ3n) is 4.80. The number of nitrogens with one attached hydrogen (secondary N) is 2. The molecule has 2 rings (SSSR count). The van der Waals surface area contributed by atoms with Crippen molar-refractivity contribution in [2.75, 3.05) is 33.7 Å². The lowest BCUT2D eigenvalue weighted by atomic mass is 10.0. The van der Waals surface area contributed by atoms with Crippen LogP contribution in [0.5, 0.6) is 0 Å². The van der Waals surface area contributed by atoms with E-state index >= 15 is 0 Å². The van der Waals surface area contributed by atoms with E-state index in [9.17, 15) is 5.11 Å². The largest absolute Gasteiger partial charge is 0.466 e. The lowest BCUT2D eigenvalue weighted by molar-refractivity contribution is 0.0437. The highest BCUT2D eigenvalue weighted by molar-refractivity contribution is 5.79. The lowest BCUT2D eigenvalue weighted by Crippen LogP contribution is -2.42. The summed E-state index contributed by atoms with van der Waals surface area (Å²) in [6.45, 7) is 7.54. The van der Waals surface area contributed by atoms with E-state index in [0.717, 1.165) is 13.0 Å². The molecule has 0 aliphatic rings. The minimum atomic E-state index is -1.15. The highest BCUT2D eigenvalue weighted by Gasteiger charge is 2.26. The summed E-state index contributed by atoms with van der Waals surface area (Å²) < 4.78 is 5.33. The number of aryl methyl sites for hydroxylation is 1. The fourth-order valence-corrected chi connectivity index (χ4v) is 3.01. The maximum absolute atomic E-state index is 10.6. The van der Waals surface area contributed by atoms with Crippen molar-refractivity contribution in [2.45, 2.75) is 38.8 Å². The molecule has 28 heavy (non-hydrogen) atoms. The molecule has 1 aromatic heterocycles. The van der Waals surface area contributed by atoms with Crippen LogP contribution in [0.1, 0.15) is 43.7 Å². The molecular formula is C22H34N4O2. The molecule has 6 nitrogen and oxygen atoms in total. The zero-order chi connectivity index (χ0) is 20.6. The Morgan fingerprint density at radius 3 is 2.43 bits per heavy atom. The Labute approximate surface area is 168 Å². The van der Waals surface area contributed by atoms with Crippen molar-refractivity contribution in [3.8, 4) is 0 Å². The van der Waals surface area contributed by atoms with E-state index in [0.29, 0.717) is 18.3 Å². The predicted octanol–water partition coefficient (Wildman–Crippen LogP) is 2.91. The number of benzene rings is 1. The number of guanidine groups is 1. The van der Waals surface area contributed by atoms with Crippen LogP contribution in [0.3, 0.4) is 0 Å². The van der Waals surface area contributed by atoms with Crippen molar-refractivity contribution >= 4 is 5.96 Å². The van der Waals surface area contributed by atoms with Gasteiger partial charge in [-0.15, -0.1) is 0 Å². The van der Waals surface area contributed by atoms with Crippen LogP contribution in [0.4, 0.5) is 0 Å². The second kappa shape index (κ2) is 10.3. The smallest absolute Gasteiger partial charge is 0.191 e. The van der Waals surface area contributed by atoms with Crippen molar-refractivity contribution < 1.29 is 9.52 Å². The van der Waals surface area contributed by atoms with Gasteiger partial charge >= 0.3 is 0 Å². The molecule has 0 saturated heterocycles. The molecule has 1 heterocycles.